The normalized spacial score (nSPS) is 17.4. The highest BCUT2D eigenvalue weighted by Crippen LogP contribution is 2.26. The van der Waals surface area contributed by atoms with Crippen LogP contribution in [0.3, 0.4) is 0 Å². The van der Waals surface area contributed by atoms with Gasteiger partial charge in [0.1, 0.15) is 5.82 Å². The first-order valence-corrected chi connectivity index (χ1v) is 5.00. The van der Waals surface area contributed by atoms with Crippen LogP contribution >= 0.6 is 0 Å². The zero-order chi connectivity index (χ0) is 10.8. The predicted molar refractivity (Wildman–Crippen MR) is 57.2 cm³/mol. The van der Waals surface area contributed by atoms with Gasteiger partial charge in [0.05, 0.1) is 25.1 Å². The van der Waals surface area contributed by atoms with Gasteiger partial charge in [0, 0.05) is 7.11 Å². The maximum absolute atomic E-state index is 13.5. The van der Waals surface area contributed by atoms with E-state index in [1.807, 2.05) is 17.9 Å². The van der Waals surface area contributed by atoms with E-state index >= 15 is 0 Å². The highest BCUT2D eigenvalue weighted by atomic mass is 19.1. The second kappa shape index (κ2) is 4.16. The van der Waals surface area contributed by atoms with Gasteiger partial charge in [-0.1, -0.05) is 6.07 Å². The fourth-order valence-electron chi connectivity index (χ4n) is 1.55. The molecular formula is C11H15FN2O. The van der Waals surface area contributed by atoms with Crippen LogP contribution in [0.15, 0.2) is 18.2 Å². The van der Waals surface area contributed by atoms with Gasteiger partial charge in [0.15, 0.2) is 0 Å². The van der Waals surface area contributed by atoms with Crippen LogP contribution in [0.2, 0.25) is 0 Å². The number of nitrogens with one attached hydrogen (secondary N) is 1. The van der Waals surface area contributed by atoms with Gasteiger partial charge in [-0.05, 0) is 24.6 Å². The van der Waals surface area contributed by atoms with E-state index < -0.39 is 0 Å². The Morgan fingerprint density at radius 2 is 2.20 bits per heavy atom. The number of nitrogens with zero attached hydrogens (tertiary/aromatic N) is 1. The maximum atomic E-state index is 13.5. The summed E-state index contributed by atoms with van der Waals surface area (Å²) in [6.07, 6.45) is -0.00131. The molecule has 0 bridgehead atoms. The van der Waals surface area contributed by atoms with Crippen LogP contribution in [0.5, 0.6) is 0 Å². The van der Waals surface area contributed by atoms with Gasteiger partial charge in [-0.25, -0.2) is 4.39 Å². The number of ether oxygens (including phenoxy) is 1. The Morgan fingerprint density at radius 3 is 2.73 bits per heavy atom. The van der Waals surface area contributed by atoms with Gasteiger partial charge >= 0.3 is 0 Å². The van der Waals surface area contributed by atoms with E-state index in [0.29, 0.717) is 19.0 Å². The lowest BCUT2D eigenvalue weighted by atomic mass is 10.1. The van der Waals surface area contributed by atoms with Crippen molar-refractivity contribution in [2.45, 2.75) is 13.0 Å². The first-order chi connectivity index (χ1) is 7.22. The van der Waals surface area contributed by atoms with E-state index in [4.69, 9.17) is 4.74 Å². The number of rotatable bonds is 3. The van der Waals surface area contributed by atoms with Gasteiger partial charge in [-0.2, -0.15) is 0 Å². The van der Waals surface area contributed by atoms with Gasteiger partial charge in [-0.3, -0.25) is 5.32 Å². The summed E-state index contributed by atoms with van der Waals surface area (Å²) < 4.78 is 18.7. The molecule has 15 heavy (non-hydrogen) atoms. The van der Waals surface area contributed by atoms with Crippen LogP contribution in [0, 0.1) is 5.82 Å². The Morgan fingerprint density at radius 1 is 1.47 bits per heavy atom. The Labute approximate surface area is 88.8 Å². The molecule has 0 saturated carbocycles. The lowest BCUT2D eigenvalue weighted by Crippen LogP contribution is -2.52. The summed E-state index contributed by atoms with van der Waals surface area (Å²) in [7, 11) is 1.65. The Kier molecular flexibility index (Phi) is 2.88. The first kappa shape index (κ1) is 10.4. The van der Waals surface area contributed by atoms with Crippen molar-refractivity contribution in [3.63, 3.8) is 0 Å². The van der Waals surface area contributed by atoms with Crippen molar-refractivity contribution >= 4 is 5.69 Å². The van der Waals surface area contributed by atoms with Crippen LogP contribution in [0.25, 0.3) is 0 Å². The summed E-state index contributed by atoms with van der Waals surface area (Å²) in [6, 6.07) is 5.11. The van der Waals surface area contributed by atoms with E-state index in [0.717, 1.165) is 5.56 Å². The molecule has 3 nitrogen and oxygen atoms in total. The molecule has 2 rings (SSSR count). The SMILES string of the molecule is COC(C)c1ccc(F)c(N2CNC2)c1. The van der Waals surface area contributed by atoms with Crippen molar-refractivity contribution in [3.8, 4) is 0 Å². The second-order valence-electron chi connectivity index (χ2n) is 3.69. The van der Waals surface area contributed by atoms with E-state index in [1.165, 1.54) is 6.07 Å². The number of halogens is 1. The summed E-state index contributed by atoms with van der Waals surface area (Å²) >= 11 is 0. The summed E-state index contributed by atoms with van der Waals surface area (Å²) in [4.78, 5) is 1.95. The second-order valence-corrected chi connectivity index (χ2v) is 3.69. The maximum Gasteiger partial charge on any atom is 0.146 e. The zero-order valence-corrected chi connectivity index (χ0v) is 8.96. The quantitative estimate of drug-likeness (QED) is 0.824. The molecule has 0 aromatic heterocycles. The molecule has 1 atom stereocenters. The molecule has 1 aliphatic heterocycles. The first-order valence-electron chi connectivity index (χ1n) is 5.00. The van der Waals surface area contributed by atoms with Crippen molar-refractivity contribution in [1.29, 1.82) is 0 Å². The molecule has 0 aliphatic carbocycles. The van der Waals surface area contributed by atoms with Gasteiger partial charge in [0.2, 0.25) is 0 Å². The van der Waals surface area contributed by atoms with Gasteiger partial charge in [-0.15, -0.1) is 0 Å². The predicted octanol–water partition coefficient (Wildman–Crippen LogP) is 1.86. The van der Waals surface area contributed by atoms with Crippen molar-refractivity contribution in [2.24, 2.45) is 0 Å². The summed E-state index contributed by atoms with van der Waals surface area (Å²) in [6.45, 7) is 3.37. The zero-order valence-electron chi connectivity index (χ0n) is 8.96. The molecule has 1 fully saturated rings. The molecule has 1 saturated heterocycles. The monoisotopic (exact) mass is 210 g/mol. The summed E-state index contributed by atoms with van der Waals surface area (Å²) in [5.74, 6) is -0.177. The number of hydrogen-bond donors (Lipinski definition) is 1. The van der Waals surface area contributed by atoms with Crippen LogP contribution in [0.1, 0.15) is 18.6 Å². The Balaban J connectivity index is 2.27. The minimum atomic E-state index is -0.177. The Bertz CT molecular complexity index is 352. The average Bonchev–Trinajstić information content (AvgIpc) is 2.17. The third-order valence-corrected chi connectivity index (χ3v) is 2.74. The smallest absolute Gasteiger partial charge is 0.146 e. The highest BCUT2D eigenvalue weighted by Gasteiger charge is 2.18. The fraction of sp³-hybridized carbons (Fsp3) is 0.455. The molecule has 1 aliphatic rings. The molecule has 1 heterocycles. The minimum absolute atomic E-state index is 0.00131. The molecule has 1 aromatic rings. The van der Waals surface area contributed by atoms with Gasteiger partial charge in [0.25, 0.3) is 0 Å². The minimum Gasteiger partial charge on any atom is -0.377 e. The van der Waals surface area contributed by atoms with E-state index in [9.17, 15) is 4.39 Å². The molecule has 0 amide bonds. The van der Waals surface area contributed by atoms with Crippen molar-refractivity contribution in [2.75, 3.05) is 25.3 Å². The average molecular weight is 210 g/mol. The molecule has 1 aromatic carbocycles. The number of benzene rings is 1. The molecule has 1 N–H and O–H groups in total. The third kappa shape index (κ3) is 1.96. The standard InChI is InChI=1S/C11H15FN2O/c1-8(15-2)9-3-4-10(12)11(5-9)14-6-13-7-14/h3-5,8,13H,6-7H2,1-2H3. The van der Waals surface area contributed by atoms with Crippen molar-refractivity contribution in [3.05, 3.63) is 29.6 Å². The molecular weight excluding hydrogens is 195 g/mol. The fourth-order valence-corrected chi connectivity index (χ4v) is 1.55. The molecule has 0 radical (unpaired) electrons. The molecule has 1 unspecified atom stereocenters. The summed E-state index contributed by atoms with van der Waals surface area (Å²) in [5, 5.41) is 3.08. The molecule has 82 valence electrons. The number of methoxy groups -OCH3 is 1. The lowest BCUT2D eigenvalue weighted by Gasteiger charge is -2.34. The molecule has 4 heteroatoms. The molecule has 0 spiro atoms. The van der Waals surface area contributed by atoms with Crippen LogP contribution < -0.4 is 10.2 Å². The van der Waals surface area contributed by atoms with Crippen LogP contribution in [-0.2, 0) is 4.74 Å². The van der Waals surface area contributed by atoms with E-state index in [2.05, 4.69) is 5.32 Å². The topological polar surface area (TPSA) is 24.5 Å². The number of hydrogen-bond acceptors (Lipinski definition) is 3. The third-order valence-electron chi connectivity index (χ3n) is 2.74. The number of anilines is 1. The Hall–Kier alpha value is -1.13. The van der Waals surface area contributed by atoms with Gasteiger partial charge < -0.3 is 9.64 Å². The lowest BCUT2D eigenvalue weighted by molar-refractivity contribution is 0.119. The van der Waals surface area contributed by atoms with Crippen LogP contribution in [0.4, 0.5) is 10.1 Å². The largest absolute Gasteiger partial charge is 0.377 e. The van der Waals surface area contributed by atoms with Crippen LogP contribution in [-0.4, -0.2) is 20.4 Å². The highest BCUT2D eigenvalue weighted by molar-refractivity contribution is 5.51. The van der Waals surface area contributed by atoms with Crippen molar-refractivity contribution in [1.82, 2.24) is 5.32 Å². The van der Waals surface area contributed by atoms with E-state index in [-0.39, 0.29) is 11.9 Å². The summed E-state index contributed by atoms with van der Waals surface area (Å²) in [5.41, 5.74) is 1.65. The van der Waals surface area contributed by atoms with E-state index in [1.54, 1.807) is 13.2 Å². The van der Waals surface area contributed by atoms with Crippen molar-refractivity contribution < 1.29 is 9.13 Å².